The van der Waals surface area contributed by atoms with Gasteiger partial charge in [-0.25, -0.2) is 0 Å². The molecular weight excluding hydrogens is 263 g/mol. The van der Waals surface area contributed by atoms with E-state index < -0.39 is 12.1 Å². The third-order valence-corrected chi connectivity index (χ3v) is 2.19. The van der Waals surface area contributed by atoms with Gasteiger partial charge in [0.15, 0.2) is 0 Å². The molecule has 1 heterocycles. The van der Waals surface area contributed by atoms with E-state index in [9.17, 15) is 18.0 Å². The predicted molar refractivity (Wildman–Crippen MR) is 59.2 cm³/mol. The number of rotatable bonds is 2. The Morgan fingerprint density at radius 2 is 1.95 bits per heavy atom. The first-order chi connectivity index (χ1) is 8.88. The summed E-state index contributed by atoms with van der Waals surface area (Å²) in [6, 6.07) is 5.86. The van der Waals surface area contributed by atoms with Crippen LogP contribution in [0.5, 0.6) is 0 Å². The highest BCUT2D eigenvalue weighted by Crippen LogP contribution is 2.28. The van der Waals surface area contributed by atoms with Gasteiger partial charge in [0.25, 0.3) is 0 Å². The lowest BCUT2D eigenvalue weighted by Crippen LogP contribution is -2.30. The number of alkyl halides is 3. The summed E-state index contributed by atoms with van der Waals surface area (Å²) in [5, 5.41) is 9.04. The molecule has 0 saturated carbocycles. The van der Waals surface area contributed by atoms with Crippen molar-refractivity contribution in [3.05, 3.63) is 30.2 Å². The lowest BCUT2D eigenvalue weighted by Gasteiger charge is -2.10. The maximum Gasteiger partial charge on any atom is 0.471 e. The molecule has 1 aromatic carbocycles. The Morgan fingerprint density at radius 1 is 1.26 bits per heavy atom. The van der Waals surface area contributed by atoms with Crippen molar-refractivity contribution in [1.82, 2.24) is 10.2 Å². The van der Waals surface area contributed by atoms with Crippen LogP contribution in [-0.4, -0.2) is 22.3 Å². The summed E-state index contributed by atoms with van der Waals surface area (Å²) < 4.78 is 41.8. The molecule has 1 aromatic heterocycles. The van der Waals surface area contributed by atoms with Gasteiger partial charge in [-0.2, -0.15) is 13.2 Å². The number of aryl methyl sites for hydroxylation is 1. The molecule has 0 aliphatic carbocycles. The minimum atomic E-state index is -4.96. The molecule has 0 aliphatic rings. The third-order valence-electron chi connectivity index (χ3n) is 2.19. The summed E-state index contributed by atoms with van der Waals surface area (Å²) in [7, 11) is 0. The van der Waals surface area contributed by atoms with Crippen LogP contribution in [0.25, 0.3) is 11.5 Å². The van der Waals surface area contributed by atoms with E-state index in [1.807, 2.05) is 0 Å². The van der Waals surface area contributed by atoms with Gasteiger partial charge in [0.05, 0.1) is 11.3 Å². The Morgan fingerprint density at radius 3 is 2.53 bits per heavy atom. The molecule has 0 fully saturated rings. The largest absolute Gasteiger partial charge is 0.471 e. The monoisotopic (exact) mass is 271 g/mol. The Balaban J connectivity index is 2.35. The lowest BCUT2D eigenvalue weighted by atomic mass is 10.1. The van der Waals surface area contributed by atoms with Crippen LogP contribution in [0.15, 0.2) is 28.7 Å². The minimum absolute atomic E-state index is 0.0376. The highest BCUT2D eigenvalue weighted by atomic mass is 19.4. The highest BCUT2D eigenvalue weighted by molar-refractivity contribution is 5.97. The van der Waals surface area contributed by atoms with Crippen LogP contribution in [0.2, 0.25) is 0 Å². The van der Waals surface area contributed by atoms with E-state index in [1.54, 1.807) is 18.3 Å². The standard InChI is InChI=1S/C11H8F3N3O2/c1-6-16-17-9(19-6)7-4-2-3-5-8(7)15-10(18)11(12,13)14/h2-5H,1H3,(H,15,18). The van der Waals surface area contributed by atoms with Crippen molar-refractivity contribution in [3.8, 4) is 11.5 Å². The van der Waals surface area contributed by atoms with Crippen LogP contribution in [0, 0.1) is 6.92 Å². The quantitative estimate of drug-likeness (QED) is 0.911. The third kappa shape index (κ3) is 2.90. The van der Waals surface area contributed by atoms with Crippen molar-refractivity contribution in [3.63, 3.8) is 0 Å². The molecular formula is C11H8F3N3O2. The number of anilines is 1. The van der Waals surface area contributed by atoms with Gasteiger partial charge in [-0.15, -0.1) is 10.2 Å². The Bertz CT molecular complexity index is 607. The number of carbonyl (C=O) groups is 1. The van der Waals surface area contributed by atoms with Crippen LogP contribution >= 0.6 is 0 Å². The molecule has 1 amide bonds. The second-order valence-electron chi connectivity index (χ2n) is 3.62. The fourth-order valence-electron chi connectivity index (χ4n) is 1.38. The van der Waals surface area contributed by atoms with Crippen molar-refractivity contribution < 1.29 is 22.4 Å². The maximum absolute atomic E-state index is 12.2. The number of hydrogen-bond acceptors (Lipinski definition) is 4. The summed E-state index contributed by atoms with van der Waals surface area (Å²) in [4.78, 5) is 10.9. The Labute approximate surface area is 105 Å². The van der Waals surface area contributed by atoms with Gasteiger partial charge in [-0.05, 0) is 12.1 Å². The number of carbonyl (C=O) groups excluding carboxylic acids is 1. The summed E-state index contributed by atoms with van der Waals surface area (Å²) in [6.45, 7) is 1.55. The Hall–Kier alpha value is -2.38. The fraction of sp³-hybridized carbons (Fsp3) is 0.182. The lowest BCUT2D eigenvalue weighted by molar-refractivity contribution is -0.167. The van der Waals surface area contributed by atoms with Gasteiger partial charge >= 0.3 is 12.1 Å². The zero-order chi connectivity index (χ0) is 14.0. The number of benzene rings is 1. The smallest absolute Gasteiger partial charge is 0.421 e. The van der Waals surface area contributed by atoms with Crippen LogP contribution < -0.4 is 5.32 Å². The topological polar surface area (TPSA) is 68.0 Å². The van der Waals surface area contributed by atoms with E-state index in [0.29, 0.717) is 0 Å². The number of nitrogens with one attached hydrogen (secondary N) is 1. The summed E-state index contributed by atoms with van der Waals surface area (Å²) in [5.74, 6) is -1.75. The second kappa shape index (κ2) is 4.71. The minimum Gasteiger partial charge on any atom is -0.421 e. The molecule has 5 nitrogen and oxygen atoms in total. The molecule has 0 spiro atoms. The molecule has 0 aliphatic heterocycles. The van der Waals surface area contributed by atoms with Gasteiger partial charge in [-0.3, -0.25) is 4.79 Å². The van der Waals surface area contributed by atoms with Crippen molar-refractivity contribution in [1.29, 1.82) is 0 Å². The number of hydrogen-bond donors (Lipinski definition) is 1. The van der Waals surface area contributed by atoms with Crippen LogP contribution in [0.1, 0.15) is 5.89 Å². The maximum atomic E-state index is 12.2. The summed E-state index contributed by atoms with van der Waals surface area (Å²) >= 11 is 0. The van der Waals surface area contributed by atoms with Crippen molar-refractivity contribution in [2.45, 2.75) is 13.1 Å². The first-order valence-corrected chi connectivity index (χ1v) is 5.15. The SMILES string of the molecule is Cc1nnc(-c2ccccc2NC(=O)C(F)(F)F)o1. The van der Waals surface area contributed by atoms with Gasteiger partial charge in [0, 0.05) is 6.92 Å². The first kappa shape index (κ1) is 13.1. The molecule has 0 atom stereocenters. The second-order valence-corrected chi connectivity index (χ2v) is 3.62. The van der Waals surface area contributed by atoms with E-state index in [2.05, 4.69) is 10.2 Å². The van der Waals surface area contributed by atoms with Crippen LogP contribution in [0.3, 0.4) is 0 Å². The predicted octanol–water partition coefficient (Wildman–Crippen LogP) is 2.55. The molecule has 100 valence electrons. The van der Waals surface area contributed by atoms with E-state index in [-0.39, 0.29) is 23.0 Å². The number of para-hydroxylation sites is 1. The number of amides is 1. The normalized spacial score (nSPS) is 11.4. The van der Waals surface area contributed by atoms with E-state index >= 15 is 0 Å². The van der Waals surface area contributed by atoms with Gasteiger partial charge in [-0.1, -0.05) is 12.1 Å². The molecule has 8 heteroatoms. The zero-order valence-electron chi connectivity index (χ0n) is 9.65. The average molecular weight is 271 g/mol. The summed E-state index contributed by atoms with van der Waals surface area (Å²) in [5.41, 5.74) is 0.175. The van der Waals surface area contributed by atoms with Crippen LogP contribution in [-0.2, 0) is 4.79 Å². The fourth-order valence-corrected chi connectivity index (χ4v) is 1.38. The van der Waals surface area contributed by atoms with Crippen molar-refractivity contribution in [2.75, 3.05) is 5.32 Å². The van der Waals surface area contributed by atoms with Gasteiger partial charge in [0.1, 0.15) is 0 Å². The Kier molecular flexibility index (Phi) is 3.24. The molecule has 0 bridgehead atoms. The van der Waals surface area contributed by atoms with Crippen molar-refractivity contribution >= 4 is 11.6 Å². The molecule has 0 radical (unpaired) electrons. The number of aromatic nitrogens is 2. The van der Waals surface area contributed by atoms with Gasteiger partial charge in [0.2, 0.25) is 11.8 Å². The first-order valence-electron chi connectivity index (χ1n) is 5.15. The highest BCUT2D eigenvalue weighted by Gasteiger charge is 2.39. The summed E-state index contributed by atoms with van der Waals surface area (Å²) in [6.07, 6.45) is -4.96. The zero-order valence-corrected chi connectivity index (χ0v) is 9.65. The molecule has 0 saturated heterocycles. The molecule has 2 aromatic rings. The van der Waals surface area contributed by atoms with Gasteiger partial charge < -0.3 is 9.73 Å². The van der Waals surface area contributed by atoms with E-state index in [0.717, 1.165) is 0 Å². The average Bonchev–Trinajstić information content (AvgIpc) is 2.75. The molecule has 0 unspecified atom stereocenters. The number of halogens is 3. The van der Waals surface area contributed by atoms with Crippen LogP contribution in [0.4, 0.5) is 18.9 Å². The van der Waals surface area contributed by atoms with E-state index in [1.165, 1.54) is 18.2 Å². The number of nitrogens with zero attached hydrogens (tertiary/aromatic N) is 2. The molecule has 1 N–H and O–H groups in total. The molecule has 2 rings (SSSR count). The van der Waals surface area contributed by atoms with Crippen molar-refractivity contribution in [2.24, 2.45) is 0 Å². The molecule has 19 heavy (non-hydrogen) atoms. The van der Waals surface area contributed by atoms with E-state index in [4.69, 9.17) is 4.42 Å².